The molecule has 2 rings (SSSR count). The predicted octanol–water partition coefficient (Wildman–Crippen LogP) is 3.22. The maximum Gasteiger partial charge on any atom is 0.408 e. The van der Waals surface area contributed by atoms with E-state index in [1.807, 2.05) is 0 Å². The molecule has 1 heterocycles. The molecule has 1 aromatic heterocycles. The fourth-order valence-corrected chi connectivity index (χ4v) is 2.51. The van der Waals surface area contributed by atoms with Crippen molar-refractivity contribution in [3.63, 3.8) is 0 Å². The number of pyridine rings is 1. The molecular weight excluding hydrogens is 405 g/mol. The second-order valence-electron chi connectivity index (χ2n) is 7.58. The van der Waals surface area contributed by atoms with E-state index < -0.39 is 35.4 Å². The number of hydrogen-bond donors (Lipinski definition) is 4. The third-order valence-corrected chi connectivity index (χ3v) is 3.90. The van der Waals surface area contributed by atoms with E-state index in [2.05, 4.69) is 26.5 Å². The standard InChI is InChI=1S/C21H26FN5O4/c1-5-15(25-20(30)31-21(2,3)4)18(28)24-16-10-6-9-14(22)17(16)19(29)27-26-13-8-7-11-23-12-13/h6-12,15,26H,5H2,1-4H3,(H,24,28)(H,25,30)(H,27,29)/t15-/m0/s1. The van der Waals surface area contributed by atoms with Crippen LogP contribution in [0.5, 0.6) is 0 Å². The summed E-state index contributed by atoms with van der Waals surface area (Å²) in [5, 5.41) is 4.97. The zero-order chi connectivity index (χ0) is 23.0. The largest absolute Gasteiger partial charge is 0.444 e. The lowest BCUT2D eigenvalue weighted by Crippen LogP contribution is -2.45. The van der Waals surface area contributed by atoms with Gasteiger partial charge in [-0.25, -0.2) is 9.18 Å². The molecule has 0 aliphatic rings. The summed E-state index contributed by atoms with van der Waals surface area (Å²) in [7, 11) is 0. The number of carbonyl (C=O) groups excluding carboxylic acids is 3. The number of alkyl carbamates (subject to hydrolysis) is 1. The van der Waals surface area contributed by atoms with Crippen molar-refractivity contribution in [1.29, 1.82) is 0 Å². The van der Waals surface area contributed by atoms with Crippen molar-refractivity contribution in [2.75, 3.05) is 10.7 Å². The molecule has 0 bridgehead atoms. The molecule has 3 amide bonds. The Kier molecular flexibility index (Phi) is 7.89. The SMILES string of the molecule is CC[C@H](NC(=O)OC(C)(C)C)C(=O)Nc1cccc(F)c1C(=O)NNc1cccnc1. The van der Waals surface area contributed by atoms with Crippen LogP contribution in [-0.2, 0) is 9.53 Å². The number of nitrogens with one attached hydrogen (secondary N) is 4. The van der Waals surface area contributed by atoms with Crippen LogP contribution in [0.15, 0.2) is 42.7 Å². The third kappa shape index (κ3) is 7.25. The number of amides is 3. The molecular formula is C21H26FN5O4. The number of hydrazine groups is 1. The second kappa shape index (κ2) is 10.4. The van der Waals surface area contributed by atoms with Crippen LogP contribution in [-0.4, -0.2) is 34.5 Å². The molecule has 0 aliphatic carbocycles. The summed E-state index contributed by atoms with van der Waals surface area (Å²) in [4.78, 5) is 41.1. The highest BCUT2D eigenvalue weighted by Gasteiger charge is 2.25. The van der Waals surface area contributed by atoms with E-state index in [0.717, 1.165) is 6.07 Å². The maximum absolute atomic E-state index is 14.4. The highest BCUT2D eigenvalue weighted by Crippen LogP contribution is 2.20. The molecule has 0 saturated carbocycles. The average Bonchev–Trinajstić information content (AvgIpc) is 2.69. The minimum atomic E-state index is -0.942. The van der Waals surface area contributed by atoms with Gasteiger partial charge < -0.3 is 15.4 Å². The number of rotatable bonds is 7. The molecule has 9 nitrogen and oxygen atoms in total. The van der Waals surface area contributed by atoms with Crippen LogP contribution in [0.3, 0.4) is 0 Å². The van der Waals surface area contributed by atoms with E-state index in [-0.39, 0.29) is 17.7 Å². The Morgan fingerprint density at radius 2 is 1.90 bits per heavy atom. The van der Waals surface area contributed by atoms with E-state index in [4.69, 9.17) is 4.74 Å². The van der Waals surface area contributed by atoms with Crippen molar-refractivity contribution in [2.45, 2.75) is 45.8 Å². The highest BCUT2D eigenvalue weighted by molar-refractivity contribution is 6.05. The summed E-state index contributed by atoms with van der Waals surface area (Å²) >= 11 is 0. The van der Waals surface area contributed by atoms with Gasteiger partial charge in [0.15, 0.2) is 0 Å². The molecule has 31 heavy (non-hydrogen) atoms. The van der Waals surface area contributed by atoms with Gasteiger partial charge in [-0.3, -0.25) is 25.4 Å². The zero-order valence-corrected chi connectivity index (χ0v) is 17.8. The fraction of sp³-hybridized carbons (Fsp3) is 0.333. The molecule has 2 aromatic rings. The summed E-state index contributed by atoms with van der Waals surface area (Å²) in [6.07, 6.45) is 2.53. The van der Waals surface area contributed by atoms with Crippen LogP contribution in [0.25, 0.3) is 0 Å². The lowest BCUT2D eigenvalue weighted by atomic mass is 10.1. The molecule has 1 aromatic carbocycles. The van der Waals surface area contributed by atoms with E-state index in [1.165, 1.54) is 18.3 Å². The first-order valence-corrected chi connectivity index (χ1v) is 9.66. The maximum atomic E-state index is 14.4. The van der Waals surface area contributed by atoms with Crippen molar-refractivity contribution >= 4 is 29.3 Å². The molecule has 166 valence electrons. The van der Waals surface area contributed by atoms with Crippen LogP contribution in [0.4, 0.5) is 20.6 Å². The van der Waals surface area contributed by atoms with Gasteiger partial charge in [0.05, 0.1) is 17.6 Å². The van der Waals surface area contributed by atoms with E-state index >= 15 is 0 Å². The number of nitrogens with zero attached hydrogens (tertiary/aromatic N) is 1. The Hall–Kier alpha value is -3.69. The lowest BCUT2D eigenvalue weighted by molar-refractivity contribution is -0.118. The minimum absolute atomic E-state index is 0.0417. The van der Waals surface area contributed by atoms with Gasteiger partial charge in [0, 0.05) is 6.20 Å². The summed E-state index contributed by atoms with van der Waals surface area (Å²) in [6, 6.07) is 6.23. The van der Waals surface area contributed by atoms with Gasteiger partial charge in [-0.15, -0.1) is 0 Å². The first kappa shape index (κ1) is 23.6. The number of hydrogen-bond acceptors (Lipinski definition) is 6. The van der Waals surface area contributed by atoms with Gasteiger partial charge in [0.2, 0.25) is 5.91 Å². The van der Waals surface area contributed by atoms with Gasteiger partial charge in [-0.2, -0.15) is 0 Å². The Morgan fingerprint density at radius 3 is 2.52 bits per heavy atom. The summed E-state index contributed by atoms with van der Waals surface area (Å²) in [6.45, 7) is 6.79. The molecule has 0 unspecified atom stereocenters. The van der Waals surface area contributed by atoms with Crippen molar-refractivity contribution in [3.05, 3.63) is 54.1 Å². The van der Waals surface area contributed by atoms with Crippen molar-refractivity contribution in [1.82, 2.24) is 15.7 Å². The summed E-state index contributed by atoms with van der Waals surface area (Å²) in [5.74, 6) is -2.24. The second-order valence-corrected chi connectivity index (χ2v) is 7.58. The van der Waals surface area contributed by atoms with Crippen molar-refractivity contribution < 1.29 is 23.5 Å². The van der Waals surface area contributed by atoms with Crippen molar-refractivity contribution in [2.24, 2.45) is 0 Å². The number of benzene rings is 1. The molecule has 0 saturated heterocycles. The molecule has 0 spiro atoms. The van der Waals surface area contributed by atoms with Crippen LogP contribution in [0.1, 0.15) is 44.5 Å². The number of anilines is 2. The van der Waals surface area contributed by atoms with Crippen LogP contribution >= 0.6 is 0 Å². The first-order chi connectivity index (χ1) is 14.6. The topological polar surface area (TPSA) is 121 Å². The Morgan fingerprint density at radius 1 is 1.16 bits per heavy atom. The van der Waals surface area contributed by atoms with E-state index in [1.54, 1.807) is 46.0 Å². The average molecular weight is 431 g/mol. The number of halogens is 1. The molecule has 0 radical (unpaired) electrons. The third-order valence-electron chi connectivity index (χ3n) is 3.90. The van der Waals surface area contributed by atoms with E-state index in [0.29, 0.717) is 5.69 Å². The molecule has 0 fully saturated rings. The van der Waals surface area contributed by atoms with E-state index in [9.17, 15) is 18.8 Å². The monoisotopic (exact) mass is 431 g/mol. The Balaban J connectivity index is 2.11. The van der Waals surface area contributed by atoms with Crippen LogP contribution < -0.4 is 21.5 Å². The molecule has 0 aliphatic heterocycles. The smallest absolute Gasteiger partial charge is 0.408 e. The number of aromatic nitrogens is 1. The van der Waals surface area contributed by atoms with Crippen LogP contribution in [0.2, 0.25) is 0 Å². The number of carbonyl (C=O) groups is 3. The van der Waals surface area contributed by atoms with Gasteiger partial charge in [-0.05, 0) is 51.5 Å². The predicted molar refractivity (Wildman–Crippen MR) is 114 cm³/mol. The molecule has 1 atom stereocenters. The fourth-order valence-electron chi connectivity index (χ4n) is 2.51. The van der Waals surface area contributed by atoms with Gasteiger partial charge in [0.25, 0.3) is 5.91 Å². The first-order valence-electron chi connectivity index (χ1n) is 9.66. The van der Waals surface area contributed by atoms with Crippen LogP contribution in [0, 0.1) is 5.82 Å². The summed E-state index contributed by atoms with van der Waals surface area (Å²) in [5.41, 5.74) is 4.34. The Bertz CT molecular complexity index is 931. The quantitative estimate of drug-likeness (QED) is 0.500. The lowest BCUT2D eigenvalue weighted by Gasteiger charge is -2.23. The Labute approximate surface area is 179 Å². The van der Waals surface area contributed by atoms with Gasteiger partial charge >= 0.3 is 6.09 Å². The number of ether oxygens (including phenoxy) is 1. The molecule has 4 N–H and O–H groups in total. The van der Waals surface area contributed by atoms with Crippen molar-refractivity contribution in [3.8, 4) is 0 Å². The minimum Gasteiger partial charge on any atom is -0.444 e. The molecule has 10 heteroatoms. The zero-order valence-electron chi connectivity index (χ0n) is 17.8. The normalized spacial score (nSPS) is 11.8. The van der Waals surface area contributed by atoms with Gasteiger partial charge in [-0.1, -0.05) is 13.0 Å². The van der Waals surface area contributed by atoms with Gasteiger partial charge in [0.1, 0.15) is 23.0 Å². The summed E-state index contributed by atoms with van der Waals surface area (Å²) < 4.78 is 19.6. The highest BCUT2D eigenvalue weighted by atomic mass is 19.1.